The Morgan fingerprint density at radius 3 is 2.82 bits per heavy atom. The molecule has 1 saturated heterocycles. The first kappa shape index (κ1) is 11.5. The zero-order valence-corrected chi connectivity index (χ0v) is 11.7. The number of piperidine rings is 1. The van der Waals surface area contributed by atoms with E-state index in [1.54, 1.807) is 18.2 Å². The van der Waals surface area contributed by atoms with Gasteiger partial charge in [-0.25, -0.2) is 0 Å². The summed E-state index contributed by atoms with van der Waals surface area (Å²) in [5.74, 6) is 0.871. The van der Waals surface area contributed by atoms with E-state index in [9.17, 15) is 4.79 Å². The Bertz CT molecular complexity index is 476. The molecule has 1 aromatic carbocycles. The normalized spacial score (nSPS) is 26.6. The van der Waals surface area contributed by atoms with Crippen LogP contribution >= 0.6 is 27.5 Å². The van der Waals surface area contributed by atoms with E-state index in [2.05, 4.69) is 15.9 Å². The van der Waals surface area contributed by atoms with Gasteiger partial charge in [0.05, 0.1) is 5.56 Å². The van der Waals surface area contributed by atoms with Gasteiger partial charge in [-0.15, -0.1) is 0 Å². The molecule has 1 aliphatic heterocycles. The number of amides is 1. The van der Waals surface area contributed by atoms with E-state index in [-0.39, 0.29) is 5.91 Å². The molecule has 2 unspecified atom stereocenters. The Hall–Kier alpha value is -0.540. The van der Waals surface area contributed by atoms with Gasteiger partial charge in [-0.1, -0.05) is 11.6 Å². The van der Waals surface area contributed by atoms with Gasteiger partial charge < -0.3 is 4.90 Å². The minimum Gasteiger partial charge on any atom is -0.335 e. The van der Waals surface area contributed by atoms with Crippen LogP contribution in [0, 0.1) is 5.92 Å². The fourth-order valence-electron chi connectivity index (χ4n) is 2.99. The molecular weight excluding hydrogens is 302 g/mol. The quantitative estimate of drug-likeness (QED) is 0.773. The maximum atomic E-state index is 12.4. The largest absolute Gasteiger partial charge is 0.335 e. The van der Waals surface area contributed by atoms with Crippen LogP contribution in [-0.2, 0) is 0 Å². The number of carbonyl (C=O) groups is 1. The summed E-state index contributed by atoms with van der Waals surface area (Å²) in [5, 5.41) is 0.649. The Kier molecular flexibility index (Phi) is 2.91. The van der Waals surface area contributed by atoms with Crippen LogP contribution in [0.2, 0.25) is 5.02 Å². The lowest BCUT2D eigenvalue weighted by atomic mass is 10.1. The Morgan fingerprint density at radius 1 is 1.41 bits per heavy atom. The summed E-state index contributed by atoms with van der Waals surface area (Å²) in [4.78, 5) is 14.5. The lowest BCUT2D eigenvalue weighted by Gasteiger charge is -2.27. The van der Waals surface area contributed by atoms with Crippen molar-refractivity contribution in [1.29, 1.82) is 0 Å². The van der Waals surface area contributed by atoms with Crippen molar-refractivity contribution in [3.8, 4) is 0 Å². The molecule has 1 heterocycles. The van der Waals surface area contributed by atoms with Gasteiger partial charge in [-0.2, -0.15) is 0 Å². The van der Waals surface area contributed by atoms with E-state index in [0.717, 1.165) is 22.5 Å². The van der Waals surface area contributed by atoms with Gasteiger partial charge in [-0.05, 0) is 59.3 Å². The number of carbonyl (C=O) groups excluding carboxylic acids is 1. The van der Waals surface area contributed by atoms with Crippen LogP contribution in [-0.4, -0.2) is 23.4 Å². The highest BCUT2D eigenvalue weighted by Crippen LogP contribution is 2.38. The number of fused-ring (bicyclic) bond motifs is 2. The summed E-state index contributed by atoms with van der Waals surface area (Å²) in [6.45, 7) is 0.929. The van der Waals surface area contributed by atoms with Crippen molar-refractivity contribution in [3.05, 3.63) is 33.3 Å². The SMILES string of the molecule is O=C(c1ccc(Cl)cc1Br)N1CC2CCC1C2. The van der Waals surface area contributed by atoms with Crippen molar-refractivity contribution in [2.45, 2.75) is 25.3 Å². The molecule has 3 rings (SSSR count). The lowest BCUT2D eigenvalue weighted by molar-refractivity contribution is 0.0702. The first-order valence-electron chi connectivity index (χ1n) is 5.91. The molecule has 2 aliphatic rings. The number of hydrogen-bond acceptors (Lipinski definition) is 1. The predicted octanol–water partition coefficient (Wildman–Crippen LogP) is 3.73. The highest BCUT2D eigenvalue weighted by Gasteiger charge is 2.40. The molecular formula is C13H13BrClNO. The molecule has 2 fully saturated rings. The number of benzene rings is 1. The fraction of sp³-hybridized carbons (Fsp3) is 0.462. The molecule has 0 spiro atoms. The Morgan fingerprint density at radius 2 is 2.24 bits per heavy atom. The van der Waals surface area contributed by atoms with Crippen LogP contribution < -0.4 is 0 Å². The second kappa shape index (κ2) is 4.29. The molecule has 2 bridgehead atoms. The van der Waals surface area contributed by atoms with Crippen LogP contribution in [0.4, 0.5) is 0 Å². The second-order valence-electron chi connectivity index (χ2n) is 4.91. The average Bonchev–Trinajstić information content (AvgIpc) is 2.89. The maximum absolute atomic E-state index is 12.4. The summed E-state index contributed by atoms with van der Waals surface area (Å²) in [6, 6.07) is 5.83. The first-order chi connectivity index (χ1) is 8.15. The molecule has 0 aromatic heterocycles. The van der Waals surface area contributed by atoms with Crippen molar-refractivity contribution in [2.24, 2.45) is 5.92 Å². The van der Waals surface area contributed by atoms with Crippen LogP contribution in [0.25, 0.3) is 0 Å². The molecule has 1 aromatic rings. The van der Waals surface area contributed by atoms with Crippen molar-refractivity contribution >= 4 is 33.4 Å². The number of nitrogens with zero attached hydrogens (tertiary/aromatic N) is 1. The van der Waals surface area contributed by atoms with Crippen LogP contribution in [0.3, 0.4) is 0 Å². The van der Waals surface area contributed by atoms with Gasteiger partial charge in [0.15, 0.2) is 0 Å². The topological polar surface area (TPSA) is 20.3 Å². The molecule has 4 heteroatoms. The maximum Gasteiger partial charge on any atom is 0.255 e. The van der Waals surface area contributed by atoms with Crippen molar-refractivity contribution in [2.75, 3.05) is 6.54 Å². The number of halogens is 2. The van der Waals surface area contributed by atoms with Crippen LogP contribution in [0.15, 0.2) is 22.7 Å². The zero-order chi connectivity index (χ0) is 12.0. The van der Waals surface area contributed by atoms with Gasteiger partial charge in [0.2, 0.25) is 0 Å². The minimum absolute atomic E-state index is 0.140. The summed E-state index contributed by atoms with van der Waals surface area (Å²) in [7, 11) is 0. The fourth-order valence-corrected chi connectivity index (χ4v) is 3.84. The predicted molar refractivity (Wildman–Crippen MR) is 71.3 cm³/mol. The molecule has 1 amide bonds. The van der Waals surface area contributed by atoms with Gasteiger partial charge in [-0.3, -0.25) is 4.79 Å². The van der Waals surface area contributed by atoms with E-state index in [0.29, 0.717) is 11.1 Å². The third-order valence-electron chi connectivity index (χ3n) is 3.83. The number of likely N-dealkylation sites (tertiary alicyclic amines) is 1. The van der Waals surface area contributed by atoms with Gasteiger partial charge in [0, 0.05) is 22.1 Å². The monoisotopic (exact) mass is 313 g/mol. The molecule has 2 nitrogen and oxygen atoms in total. The second-order valence-corrected chi connectivity index (χ2v) is 6.21. The van der Waals surface area contributed by atoms with E-state index in [4.69, 9.17) is 11.6 Å². The highest BCUT2D eigenvalue weighted by molar-refractivity contribution is 9.10. The zero-order valence-electron chi connectivity index (χ0n) is 9.33. The van der Waals surface area contributed by atoms with Crippen LogP contribution in [0.5, 0.6) is 0 Å². The molecule has 2 atom stereocenters. The van der Waals surface area contributed by atoms with Gasteiger partial charge in [0.25, 0.3) is 5.91 Å². The first-order valence-corrected chi connectivity index (χ1v) is 7.08. The molecule has 90 valence electrons. The smallest absolute Gasteiger partial charge is 0.255 e. The Labute approximate surface area is 114 Å². The van der Waals surface area contributed by atoms with Gasteiger partial charge in [0.1, 0.15) is 0 Å². The summed E-state index contributed by atoms with van der Waals surface area (Å²) in [6.07, 6.45) is 3.65. The van der Waals surface area contributed by atoms with E-state index < -0.39 is 0 Å². The third-order valence-corrected chi connectivity index (χ3v) is 4.72. The molecule has 17 heavy (non-hydrogen) atoms. The minimum atomic E-state index is 0.140. The molecule has 0 radical (unpaired) electrons. The average molecular weight is 315 g/mol. The standard InChI is InChI=1S/C13H13BrClNO/c14-12-6-9(15)2-4-11(12)13(17)16-7-8-1-3-10(16)5-8/h2,4,6,8,10H,1,3,5,7H2. The molecule has 1 saturated carbocycles. The lowest BCUT2D eigenvalue weighted by Crippen LogP contribution is -2.37. The third kappa shape index (κ3) is 2.00. The van der Waals surface area contributed by atoms with Gasteiger partial charge >= 0.3 is 0 Å². The summed E-state index contributed by atoms with van der Waals surface area (Å²) in [5.41, 5.74) is 0.724. The van der Waals surface area contributed by atoms with Crippen molar-refractivity contribution in [3.63, 3.8) is 0 Å². The molecule has 0 N–H and O–H groups in total. The van der Waals surface area contributed by atoms with E-state index in [1.165, 1.54) is 19.3 Å². The summed E-state index contributed by atoms with van der Waals surface area (Å²) < 4.78 is 0.790. The van der Waals surface area contributed by atoms with E-state index >= 15 is 0 Å². The number of rotatable bonds is 1. The summed E-state index contributed by atoms with van der Waals surface area (Å²) >= 11 is 9.31. The molecule has 1 aliphatic carbocycles. The number of hydrogen-bond donors (Lipinski definition) is 0. The Balaban J connectivity index is 1.87. The van der Waals surface area contributed by atoms with Crippen molar-refractivity contribution < 1.29 is 4.79 Å². The highest BCUT2D eigenvalue weighted by atomic mass is 79.9. The van der Waals surface area contributed by atoms with Crippen LogP contribution in [0.1, 0.15) is 29.6 Å². The van der Waals surface area contributed by atoms with Crippen molar-refractivity contribution in [1.82, 2.24) is 4.90 Å². The van der Waals surface area contributed by atoms with E-state index in [1.807, 2.05) is 4.90 Å².